The zero-order valence-corrected chi connectivity index (χ0v) is 19.5. The number of fused-ring (bicyclic) bond motifs is 1. The van der Waals surface area contributed by atoms with Gasteiger partial charge in [-0.1, -0.05) is 0 Å². The molecule has 3 saturated heterocycles. The minimum Gasteiger partial charge on any atom is -0.370 e. The van der Waals surface area contributed by atoms with E-state index in [-0.39, 0.29) is 42.0 Å². The van der Waals surface area contributed by atoms with Crippen molar-refractivity contribution in [1.29, 1.82) is 0 Å². The molecule has 0 bridgehead atoms. The van der Waals surface area contributed by atoms with E-state index in [2.05, 4.69) is 21.4 Å². The van der Waals surface area contributed by atoms with Crippen LogP contribution in [0.15, 0.2) is 36.7 Å². The van der Waals surface area contributed by atoms with Crippen LogP contribution in [0.3, 0.4) is 0 Å². The summed E-state index contributed by atoms with van der Waals surface area (Å²) in [7, 11) is 0. The predicted octanol–water partition coefficient (Wildman–Crippen LogP) is 0.773. The SMILES string of the molecule is O=C1CCC(N2Cc3cc(N4CC5(CCN(C(=O)Cn6cccn6)CC5)C4)ccc3C2=O)C(=O)N1. The molecule has 4 aliphatic rings. The van der Waals surface area contributed by atoms with Gasteiger partial charge in [-0.2, -0.15) is 5.10 Å². The highest BCUT2D eigenvalue weighted by Crippen LogP contribution is 2.43. The Morgan fingerprint density at radius 3 is 2.66 bits per heavy atom. The molecule has 1 spiro atoms. The van der Waals surface area contributed by atoms with Crippen LogP contribution in [0.1, 0.15) is 41.6 Å². The van der Waals surface area contributed by atoms with E-state index in [0.29, 0.717) is 18.5 Å². The zero-order valence-electron chi connectivity index (χ0n) is 19.5. The second kappa shape index (κ2) is 8.21. The Balaban J connectivity index is 1.06. The summed E-state index contributed by atoms with van der Waals surface area (Å²) in [4.78, 5) is 55.1. The molecule has 5 heterocycles. The van der Waals surface area contributed by atoms with E-state index in [0.717, 1.165) is 50.3 Å². The lowest BCUT2D eigenvalue weighted by Gasteiger charge is -2.55. The summed E-state index contributed by atoms with van der Waals surface area (Å²) in [6, 6.07) is 7.14. The van der Waals surface area contributed by atoms with Crippen molar-refractivity contribution in [3.63, 3.8) is 0 Å². The van der Waals surface area contributed by atoms with E-state index in [1.54, 1.807) is 22.0 Å². The highest BCUT2D eigenvalue weighted by Gasteiger charge is 2.46. The molecule has 0 aliphatic carbocycles. The van der Waals surface area contributed by atoms with E-state index in [9.17, 15) is 19.2 Å². The largest absolute Gasteiger partial charge is 0.370 e. The fraction of sp³-hybridized carbons (Fsp3) is 0.480. The molecule has 10 heteroatoms. The lowest BCUT2D eigenvalue weighted by Crippen LogP contribution is -2.61. The first-order valence-corrected chi connectivity index (χ1v) is 12.2. The summed E-state index contributed by atoms with van der Waals surface area (Å²) in [5.74, 6) is -0.698. The van der Waals surface area contributed by atoms with Crippen LogP contribution in [0.5, 0.6) is 0 Å². The minimum atomic E-state index is -0.593. The van der Waals surface area contributed by atoms with Gasteiger partial charge in [-0.25, -0.2) is 0 Å². The molecule has 0 saturated carbocycles. The van der Waals surface area contributed by atoms with Crippen molar-refractivity contribution < 1.29 is 19.2 Å². The number of benzene rings is 1. The lowest BCUT2D eigenvalue weighted by atomic mass is 9.71. The fourth-order valence-electron chi connectivity index (χ4n) is 5.88. The molecule has 6 rings (SSSR count). The van der Waals surface area contributed by atoms with Gasteiger partial charge in [-0.05, 0) is 49.1 Å². The first kappa shape index (κ1) is 21.8. The predicted molar refractivity (Wildman–Crippen MR) is 125 cm³/mol. The van der Waals surface area contributed by atoms with E-state index < -0.39 is 6.04 Å². The van der Waals surface area contributed by atoms with E-state index in [1.165, 1.54) is 0 Å². The molecule has 1 N–H and O–H groups in total. The van der Waals surface area contributed by atoms with E-state index in [4.69, 9.17) is 0 Å². The number of imide groups is 1. The molecular weight excluding hydrogens is 448 g/mol. The van der Waals surface area contributed by atoms with Crippen molar-refractivity contribution in [1.82, 2.24) is 24.9 Å². The van der Waals surface area contributed by atoms with Crippen molar-refractivity contribution in [2.45, 2.75) is 44.8 Å². The van der Waals surface area contributed by atoms with E-state index in [1.807, 2.05) is 23.1 Å². The average Bonchev–Trinajstić information content (AvgIpc) is 3.45. The van der Waals surface area contributed by atoms with E-state index >= 15 is 0 Å². The first-order chi connectivity index (χ1) is 16.9. The van der Waals surface area contributed by atoms with Crippen LogP contribution in [-0.4, -0.2) is 75.4 Å². The highest BCUT2D eigenvalue weighted by atomic mass is 16.2. The maximum atomic E-state index is 12.9. The van der Waals surface area contributed by atoms with Gasteiger partial charge in [0.25, 0.3) is 5.91 Å². The zero-order chi connectivity index (χ0) is 24.2. The molecule has 1 unspecified atom stereocenters. The third-order valence-corrected chi connectivity index (χ3v) is 7.96. The molecule has 35 heavy (non-hydrogen) atoms. The number of rotatable bonds is 4. The standard InChI is InChI=1S/C25H28N6O4/c32-21-5-4-20(23(34)27-21)31-13-17-12-18(2-3-19(17)24(31)35)29-15-25(16-29)6-10-28(11-7-25)22(33)14-30-9-1-8-26-30/h1-3,8-9,12,20H,4-7,10-11,13-16H2,(H,27,32,34). The van der Waals surface area contributed by atoms with Gasteiger partial charge in [0.2, 0.25) is 17.7 Å². The molecular formula is C25H28N6O4. The van der Waals surface area contributed by atoms with Crippen LogP contribution in [0, 0.1) is 5.41 Å². The Labute approximate surface area is 202 Å². The second-order valence-electron chi connectivity index (χ2n) is 10.2. The van der Waals surface area contributed by atoms with Gasteiger partial charge in [-0.15, -0.1) is 0 Å². The molecule has 0 radical (unpaired) electrons. The van der Waals surface area contributed by atoms with Gasteiger partial charge in [0.15, 0.2) is 0 Å². The van der Waals surface area contributed by atoms with Crippen molar-refractivity contribution in [3.05, 3.63) is 47.8 Å². The molecule has 4 aliphatic heterocycles. The van der Waals surface area contributed by atoms with Gasteiger partial charge in [-0.3, -0.25) is 29.2 Å². The Hall–Kier alpha value is -3.69. The van der Waals surface area contributed by atoms with Crippen molar-refractivity contribution >= 4 is 29.3 Å². The molecule has 1 atom stereocenters. The number of nitrogens with zero attached hydrogens (tertiary/aromatic N) is 5. The number of nitrogens with one attached hydrogen (secondary N) is 1. The van der Waals surface area contributed by atoms with Crippen LogP contribution in [-0.2, 0) is 27.5 Å². The molecule has 3 fully saturated rings. The maximum absolute atomic E-state index is 12.9. The molecule has 1 aromatic carbocycles. The third kappa shape index (κ3) is 3.86. The second-order valence-corrected chi connectivity index (χ2v) is 10.2. The summed E-state index contributed by atoms with van der Waals surface area (Å²) in [6.07, 6.45) is 6.09. The number of amides is 4. The molecule has 1 aromatic heterocycles. The summed E-state index contributed by atoms with van der Waals surface area (Å²) in [6.45, 7) is 4.10. The van der Waals surface area contributed by atoms with Crippen LogP contribution in [0.2, 0.25) is 0 Å². The first-order valence-electron chi connectivity index (χ1n) is 12.2. The van der Waals surface area contributed by atoms with Crippen LogP contribution >= 0.6 is 0 Å². The summed E-state index contributed by atoms with van der Waals surface area (Å²) >= 11 is 0. The summed E-state index contributed by atoms with van der Waals surface area (Å²) in [5, 5.41) is 6.47. The fourth-order valence-corrected chi connectivity index (χ4v) is 5.88. The Morgan fingerprint density at radius 2 is 1.94 bits per heavy atom. The average molecular weight is 477 g/mol. The number of piperidine rings is 2. The number of aromatic nitrogens is 2. The van der Waals surface area contributed by atoms with Crippen LogP contribution in [0.25, 0.3) is 0 Å². The quantitative estimate of drug-likeness (QED) is 0.654. The van der Waals surface area contributed by atoms with Crippen molar-refractivity contribution in [2.75, 3.05) is 31.1 Å². The number of carbonyl (C=O) groups is 4. The van der Waals surface area contributed by atoms with Gasteiger partial charge in [0, 0.05) is 68.2 Å². The number of likely N-dealkylation sites (tertiary alicyclic amines) is 1. The molecule has 4 amide bonds. The number of anilines is 1. The third-order valence-electron chi connectivity index (χ3n) is 7.96. The van der Waals surface area contributed by atoms with Crippen molar-refractivity contribution in [3.8, 4) is 0 Å². The van der Waals surface area contributed by atoms with Crippen molar-refractivity contribution in [2.24, 2.45) is 5.41 Å². The van der Waals surface area contributed by atoms with Gasteiger partial charge < -0.3 is 14.7 Å². The summed E-state index contributed by atoms with van der Waals surface area (Å²) < 4.78 is 1.66. The monoisotopic (exact) mass is 476 g/mol. The minimum absolute atomic E-state index is 0.114. The molecule has 10 nitrogen and oxygen atoms in total. The Morgan fingerprint density at radius 1 is 1.14 bits per heavy atom. The molecule has 2 aromatic rings. The molecule has 182 valence electrons. The van der Waals surface area contributed by atoms with Gasteiger partial charge >= 0.3 is 0 Å². The smallest absolute Gasteiger partial charge is 0.255 e. The van der Waals surface area contributed by atoms with Crippen LogP contribution in [0.4, 0.5) is 5.69 Å². The summed E-state index contributed by atoms with van der Waals surface area (Å²) in [5.41, 5.74) is 2.88. The van der Waals surface area contributed by atoms with Gasteiger partial charge in [0.05, 0.1) is 0 Å². The highest BCUT2D eigenvalue weighted by molar-refractivity contribution is 6.05. The number of hydrogen-bond donors (Lipinski definition) is 1. The Bertz CT molecular complexity index is 1190. The lowest BCUT2D eigenvalue weighted by molar-refractivity contribution is -0.137. The number of carbonyl (C=O) groups excluding carboxylic acids is 4. The number of hydrogen-bond acceptors (Lipinski definition) is 6. The Kier molecular flexibility index (Phi) is 5.12. The normalized spacial score (nSPS) is 23.4. The van der Waals surface area contributed by atoms with Crippen LogP contribution < -0.4 is 10.2 Å². The maximum Gasteiger partial charge on any atom is 0.255 e. The topological polar surface area (TPSA) is 108 Å². The van der Waals surface area contributed by atoms with Gasteiger partial charge in [0.1, 0.15) is 12.6 Å².